The van der Waals surface area contributed by atoms with Crippen molar-refractivity contribution < 1.29 is 9.59 Å². The molecule has 1 aromatic rings. The Morgan fingerprint density at radius 2 is 1.59 bits per heavy atom. The van der Waals surface area contributed by atoms with Gasteiger partial charge in [0.25, 0.3) is 0 Å². The van der Waals surface area contributed by atoms with E-state index in [0.717, 1.165) is 5.56 Å². The van der Waals surface area contributed by atoms with Gasteiger partial charge in [-0.25, -0.2) is 0 Å². The summed E-state index contributed by atoms with van der Waals surface area (Å²) in [5.74, 6) is 0.393. The molecule has 17 heavy (non-hydrogen) atoms. The van der Waals surface area contributed by atoms with Crippen LogP contribution >= 0.6 is 0 Å². The molecule has 1 aliphatic rings. The lowest BCUT2D eigenvalue weighted by atomic mass is 10.0. The van der Waals surface area contributed by atoms with Crippen molar-refractivity contribution in [1.29, 1.82) is 0 Å². The summed E-state index contributed by atoms with van der Waals surface area (Å²) in [6, 6.07) is 8.11. The molecule has 0 spiro atoms. The van der Waals surface area contributed by atoms with Crippen LogP contribution in [0.3, 0.4) is 0 Å². The summed E-state index contributed by atoms with van der Waals surface area (Å²) in [5, 5.41) is 0. The van der Waals surface area contributed by atoms with Crippen molar-refractivity contribution >= 4 is 11.8 Å². The average Bonchev–Trinajstić information content (AvgIpc) is 2.61. The van der Waals surface area contributed by atoms with Crippen LogP contribution in [0.5, 0.6) is 0 Å². The monoisotopic (exact) mass is 231 g/mol. The summed E-state index contributed by atoms with van der Waals surface area (Å²) in [4.78, 5) is 24.3. The first-order valence-electron chi connectivity index (χ1n) is 6.00. The molecule has 2 amide bonds. The molecule has 1 heterocycles. The van der Waals surface area contributed by atoms with Gasteiger partial charge in [-0.05, 0) is 17.0 Å². The highest BCUT2D eigenvalue weighted by Crippen LogP contribution is 2.18. The van der Waals surface area contributed by atoms with E-state index in [1.807, 2.05) is 12.1 Å². The van der Waals surface area contributed by atoms with Crippen molar-refractivity contribution in [2.24, 2.45) is 0 Å². The molecule has 0 N–H and O–H groups in total. The maximum absolute atomic E-state index is 11.5. The van der Waals surface area contributed by atoms with Gasteiger partial charge in [0.1, 0.15) is 0 Å². The third-order valence-electron chi connectivity index (χ3n) is 3.14. The van der Waals surface area contributed by atoms with Crippen LogP contribution in [0.2, 0.25) is 0 Å². The Kier molecular flexibility index (Phi) is 3.27. The average molecular weight is 231 g/mol. The van der Waals surface area contributed by atoms with Gasteiger partial charge in [-0.2, -0.15) is 0 Å². The lowest BCUT2D eigenvalue weighted by Crippen LogP contribution is -2.28. The van der Waals surface area contributed by atoms with E-state index < -0.39 is 0 Å². The standard InChI is InChI=1S/C14H17NO2/c1-10(2)12-5-3-11(4-6-12)9-15-13(16)7-8-14(15)17/h3-6,10H,7-9H2,1-2H3. The second-order valence-corrected chi connectivity index (χ2v) is 4.77. The minimum atomic E-state index is -0.0528. The van der Waals surface area contributed by atoms with E-state index in [2.05, 4.69) is 26.0 Å². The van der Waals surface area contributed by atoms with Gasteiger partial charge < -0.3 is 0 Å². The number of amides is 2. The van der Waals surface area contributed by atoms with Crippen LogP contribution in [0.15, 0.2) is 24.3 Å². The van der Waals surface area contributed by atoms with Crippen LogP contribution in [-0.4, -0.2) is 16.7 Å². The van der Waals surface area contributed by atoms with Gasteiger partial charge in [0, 0.05) is 12.8 Å². The Balaban J connectivity index is 2.08. The lowest BCUT2D eigenvalue weighted by Gasteiger charge is -2.14. The zero-order valence-electron chi connectivity index (χ0n) is 10.3. The van der Waals surface area contributed by atoms with E-state index in [9.17, 15) is 9.59 Å². The van der Waals surface area contributed by atoms with Crippen LogP contribution in [-0.2, 0) is 16.1 Å². The van der Waals surface area contributed by atoms with Crippen LogP contribution < -0.4 is 0 Å². The van der Waals surface area contributed by atoms with Gasteiger partial charge >= 0.3 is 0 Å². The number of nitrogens with zero attached hydrogens (tertiary/aromatic N) is 1. The molecule has 90 valence electrons. The fraction of sp³-hybridized carbons (Fsp3) is 0.429. The lowest BCUT2D eigenvalue weighted by molar-refractivity contribution is -0.139. The van der Waals surface area contributed by atoms with E-state index >= 15 is 0 Å². The van der Waals surface area contributed by atoms with Crippen molar-refractivity contribution in [3.8, 4) is 0 Å². The number of rotatable bonds is 3. The van der Waals surface area contributed by atoms with E-state index in [1.54, 1.807) is 0 Å². The van der Waals surface area contributed by atoms with Crippen molar-refractivity contribution in [2.75, 3.05) is 0 Å². The maximum atomic E-state index is 11.5. The van der Waals surface area contributed by atoms with Crippen molar-refractivity contribution in [1.82, 2.24) is 4.90 Å². The number of imide groups is 1. The molecule has 0 saturated carbocycles. The molecule has 3 heteroatoms. The summed E-state index contributed by atoms with van der Waals surface area (Å²) in [7, 11) is 0. The van der Waals surface area contributed by atoms with Gasteiger partial charge in [0.2, 0.25) is 11.8 Å². The van der Waals surface area contributed by atoms with Crippen molar-refractivity contribution in [2.45, 2.75) is 39.2 Å². The first-order chi connectivity index (χ1) is 8.08. The minimum Gasteiger partial charge on any atom is -0.278 e. The third-order valence-corrected chi connectivity index (χ3v) is 3.14. The molecule has 0 atom stereocenters. The quantitative estimate of drug-likeness (QED) is 0.749. The zero-order valence-corrected chi connectivity index (χ0v) is 10.3. The Bertz CT molecular complexity index is 418. The molecule has 0 aliphatic carbocycles. The molecule has 1 aromatic carbocycles. The Morgan fingerprint density at radius 1 is 1.06 bits per heavy atom. The number of benzene rings is 1. The Morgan fingerprint density at radius 3 is 2.06 bits per heavy atom. The molecule has 0 aromatic heterocycles. The topological polar surface area (TPSA) is 37.4 Å². The van der Waals surface area contributed by atoms with Gasteiger partial charge in [-0.15, -0.1) is 0 Å². The van der Waals surface area contributed by atoms with Crippen LogP contribution in [0, 0.1) is 0 Å². The SMILES string of the molecule is CC(C)c1ccc(CN2C(=O)CCC2=O)cc1. The number of hydrogen-bond acceptors (Lipinski definition) is 2. The van der Waals surface area contributed by atoms with Crippen LogP contribution in [0.4, 0.5) is 0 Å². The van der Waals surface area contributed by atoms with E-state index in [-0.39, 0.29) is 11.8 Å². The third kappa shape index (κ3) is 2.54. The van der Waals surface area contributed by atoms with Crippen LogP contribution in [0.1, 0.15) is 43.7 Å². The van der Waals surface area contributed by atoms with E-state index in [0.29, 0.717) is 25.3 Å². The second kappa shape index (κ2) is 4.70. The summed E-state index contributed by atoms with van der Waals surface area (Å²) in [6.45, 7) is 4.70. The van der Waals surface area contributed by atoms with Crippen molar-refractivity contribution in [3.05, 3.63) is 35.4 Å². The molecule has 0 unspecified atom stereocenters. The molecular weight excluding hydrogens is 214 g/mol. The molecule has 3 nitrogen and oxygen atoms in total. The first kappa shape index (κ1) is 11.8. The molecule has 1 fully saturated rings. The fourth-order valence-electron chi connectivity index (χ4n) is 1.99. The van der Waals surface area contributed by atoms with Crippen LogP contribution in [0.25, 0.3) is 0 Å². The smallest absolute Gasteiger partial charge is 0.229 e. The van der Waals surface area contributed by atoms with Gasteiger partial charge in [0.15, 0.2) is 0 Å². The van der Waals surface area contributed by atoms with Gasteiger partial charge in [0.05, 0.1) is 6.54 Å². The van der Waals surface area contributed by atoms with Crippen molar-refractivity contribution in [3.63, 3.8) is 0 Å². The molecule has 0 bridgehead atoms. The van der Waals surface area contributed by atoms with E-state index in [4.69, 9.17) is 0 Å². The summed E-state index contributed by atoms with van der Waals surface area (Å²) in [6.07, 6.45) is 0.728. The Labute approximate surface area is 101 Å². The van der Waals surface area contributed by atoms with Gasteiger partial charge in [-0.1, -0.05) is 38.1 Å². The number of hydrogen-bond donors (Lipinski definition) is 0. The van der Waals surface area contributed by atoms with E-state index in [1.165, 1.54) is 10.5 Å². The number of carbonyl (C=O) groups excluding carboxylic acids is 2. The highest BCUT2D eigenvalue weighted by atomic mass is 16.2. The summed E-state index contributed by atoms with van der Waals surface area (Å²) in [5.41, 5.74) is 2.28. The normalized spacial score (nSPS) is 16.1. The predicted octanol–water partition coefficient (Wildman–Crippen LogP) is 2.46. The zero-order chi connectivity index (χ0) is 12.4. The fourth-order valence-corrected chi connectivity index (χ4v) is 1.99. The van der Waals surface area contributed by atoms with Gasteiger partial charge in [-0.3, -0.25) is 14.5 Å². The summed E-state index contributed by atoms with van der Waals surface area (Å²) < 4.78 is 0. The Hall–Kier alpha value is -1.64. The minimum absolute atomic E-state index is 0.0528. The molecule has 1 aliphatic heterocycles. The molecular formula is C14H17NO2. The molecule has 2 rings (SSSR count). The summed E-state index contributed by atoms with van der Waals surface area (Å²) >= 11 is 0. The highest BCUT2D eigenvalue weighted by Gasteiger charge is 2.28. The number of carbonyl (C=O) groups is 2. The first-order valence-corrected chi connectivity index (χ1v) is 6.00. The number of likely N-dealkylation sites (tertiary alicyclic amines) is 1. The maximum Gasteiger partial charge on any atom is 0.229 e. The second-order valence-electron chi connectivity index (χ2n) is 4.77. The molecule has 1 saturated heterocycles. The largest absolute Gasteiger partial charge is 0.278 e. The highest BCUT2D eigenvalue weighted by molar-refractivity contribution is 6.01. The predicted molar refractivity (Wildman–Crippen MR) is 65.3 cm³/mol. The molecule has 0 radical (unpaired) electrons.